The minimum atomic E-state index is -0.672. The number of methoxy groups -OCH3 is 1. The van der Waals surface area contributed by atoms with Crippen molar-refractivity contribution in [2.45, 2.75) is 39.7 Å². The number of ether oxygens (including phenoxy) is 2. The molecular formula is C18H24O3. The minimum absolute atomic E-state index is 0.245. The maximum atomic E-state index is 11.8. The largest absolute Gasteiger partial charge is 0.468 e. The molecule has 0 aromatic heterocycles. The molecular weight excluding hydrogens is 264 g/mol. The number of benzene rings is 1. The molecule has 0 amide bonds. The molecule has 0 spiro atoms. The number of carbonyl (C=O) groups excluding carboxylic acids is 1. The van der Waals surface area contributed by atoms with Gasteiger partial charge < -0.3 is 9.47 Å². The predicted molar refractivity (Wildman–Crippen MR) is 83.5 cm³/mol. The molecule has 1 aromatic carbocycles. The Morgan fingerprint density at radius 3 is 2.43 bits per heavy atom. The molecule has 21 heavy (non-hydrogen) atoms. The van der Waals surface area contributed by atoms with Crippen molar-refractivity contribution in [3.8, 4) is 11.8 Å². The Morgan fingerprint density at radius 2 is 1.86 bits per heavy atom. The zero-order valence-electron chi connectivity index (χ0n) is 13.1. The van der Waals surface area contributed by atoms with Gasteiger partial charge in [-0.1, -0.05) is 56.0 Å². The molecule has 0 bridgehead atoms. The van der Waals surface area contributed by atoms with Gasteiger partial charge in [-0.15, -0.1) is 0 Å². The Morgan fingerprint density at radius 1 is 1.19 bits per heavy atom. The Bertz CT molecular complexity index is 478. The van der Waals surface area contributed by atoms with Gasteiger partial charge in [0.15, 0.2) is 0 Å². The summed E-state index contributed by atoms with van der Waals surface area (Å²) in [6, 6.07) is 10.0. The van der Waals surface area contributed by atoms with Gasteiger partial charge in [-0.3, -0.25) is 4.79 Å². The fourth-order valence-electron chi connectivity index (χ4n) is 2.08. The smallest absolute Gasteiger partial charge is 0.323 e. The molecule has 3 heteroatoms. The number of hydrogen-bond donors (Lipinski definition) is 0. The van der Waals surface area contributed by atoms with Crippen molar-refractivity contribution in [3.63, 3.8) is 0 Å². The second-order valence-corrected chi connectivity index (χ2v) is 4.87. The lowest BCUT2D eigenvalue weighted by atomic mass is 9.83. The third-order valence-electron chi connectivity index (χ3n) is 3.59. The SMILES string of the molecule is CCC(C#CCCOCc1ccccc1)(CC)C(=O)OC. The maximum Gasteiger partial charge on any atom is 0.323 e. The van der Waals surface area contributed by atoms with Crippen molar-refractivity contribution in [2.75, 3.05) is 13.7 Å². The standard InChI is InChI=1S/C18H24O3/c1-4-18(5-2,17(19)20-3)13-9-10-14-21-15-16-11-7-6-8-12-16/h6-8,11-12H,4-5,10,14-15H2,1-3H3. The van der Waals surface area contributed by atoms with Gasteiger partial charge in [-0.05, 0) is 18.4 Å². The second kappa shape index (κ2) is 9.20. The first-order valence-electron chi connectivity index (χ1n) is 7.38. The first kappa shape index (κ1) is 17.3. The zero-order valence-corrected chi connectivity index (χ0v) is 13.1. The Labute approximate surface area is 127 Å². The molecule has 0 aliphatic heterocycles. The van der Waals surface area contributed by atoms with E-state index in [2.05, 4.69) is 11.8 Å². The highest BCUT2D eigenvalue weighted by atomic mass is 16.5. The zero-order chi connectivity index (χ0) is 15.6. The van der Waals surface area contributed by atoms with Crippen LogP contribution in [-0.4, -0.2) is 19.7 Å². The van der Waals surface area contributed by atoms with E-state index in [4.69, 9.17) is 9.47 Å². The number of rotatable bonds is 7. The Kier molecular flexibility index (Phi) is 7.56. The molecule has 0 heterocycles. The van der Waals surface area contributed by atoms with E-state index in [1.165, 1.54) is 7.11 Å². The van der Waals surface area contributed by atoms with Crippen molar-refractivity contribution in [1.82, 2.24) is 0 Å². The van der Waals surface area contributed by atoms with Crippen LogP contribution in [0.3, 0.4) is 0 Å². The third-order valence-corrected chi connectivity index (χ3v) is 3.59. The van der Waals surface area contributed by atoms with Crippen LogP contribution in [0.15, 0.2) is 30.3 Å². The van der Waals surface area contributed by atoms with Crippen molar-refractivity contribution >= 4 is 5.97 Å². The predicted octanol–water partition coefficient (Wildman–Crippen LogP) is 3.58. The molecule has 0 N–H and O–H groups in total. The normalized spacial score (nSPS) is 10.6. The molecule has 1 aromatic rings. The van der Waals surface area contributed by atoms with Gasteiger partial charge >= 0.3 is 5.97 Å². The van der Waals surface area contributed by atoms with Gasteiger partial charge in [0.2, 0.25) is 0 Å². The lowest BCUT2D eigenvalue weighted by molar-refractivity contribution is -0.149. The molecule has 0 aliphatic carbocycles. The summed E-state index contributed by atoms with van der Waals surface area (Å²) in [6.07, 6.45) is 1.94. The van der Waals surface area contributed by atoms with Crippen molar-refractivity contribution < 1.29 is 14.3 Å². The van der Waals surface area contributed by atoms with Gasteiger partial charge in [-0.25, -0.2) is 0 Å². The summed E-state index contributed by atoms with van der Waals surface area (Å²) in [5.41, 5.74) is 0.477. The van der Waals surface area contributed by atoms with Gasteiger partial charge in [0.1, 0.15) is 5.41 Å². The molecule has 0 atom stereocenters. The topological polar surface area (TPSA) is 35.5 Å². The molecule has 0 radical (unpaired) electrons. The van der Waals surface area contributed by atoms with Crippen LogP contribution in [0.1, 0.15) is 38.7 Å². The third kappa shape index (κ3) is 5.24. The highest BCUT2D eigenvalue weighted by molar-refractivity contribution is 5.80. The summed E-state index contributed by atoms with van der Waals surface area (Å²) >= 11 is 0. The molecule has 0 fully saturated rings. The fourth-order valence-corrected chi connectivity index (χ4v) is 2.08. The lowest BCUT2D eigenvalue weighted by Crippen LogP contribution is -2.29. The van der Waals surface area contributed by atoms with Crippen LogP contribution in [0.2, 0.25) is 0 Å². The first-order chi connectivity index (χ1) is 10.2. The number of hydrogen-bond acceptors (Lipinski definition) is 3. The molecule has 0 saturated carbocycles. The summed E-state index contributed by atoms with van der Waals surface area (Å²) in [6.45, 7) is 5.07. The summed E-state index contributed by atoms with van der Waals surface area (Å²) in [5, 5.41) is 0. The van der Waals surface area contributed by atoms with Crippen molar-refractivity contribution in [2.24, 2.45) is 5.41 Å². The van der Waals surface area contributed by atoms with E-state index in [1.807, 2.05) is 44.2 Å². The quantitative estimate of drug-likeness (QED) is 0.437. The minimum Gasteiger partial charge on any atom is -0.468 e. The van der Waals surface area contributed by atoms with Crippen LogP contribution in [0.5, 0.6) is 0 Å². The monoisotopic (exact) mass is 288 g/mol. The van der Waals surface area contributed by atoms with Gasteiger partial charge in [-0.2, -0.15) is 0 Å². The average molecular weight is 288 g/mol. The molecule has 3 nitrogen and oxygen atoms in total. The average Bonchev–Trinajstić information content (AvgIpc) is 2.55. The van der Waals surface area contributed by atoms with Crippen LogP contribution in [0, 0.1) is 17.3 Å². The highest BCUT2D eigenvalue weighted by Crippen LogP contribution is 2.26. The van der Waals surface area contributed by atoms with Crippen LogP contribution in [-0.2, 0) is 20.9 Å². The van der Waals surface area contributed by atoms with E-state index < -0.39 is 5.41 Å². The Balaban J connectivity index is 2.42. The van der Waals surface area contributed by atoms with Gasteiger partial charge in [0.05, 0.1) is 20.3 Å². The van der Waals surface area contributed by atoms with E-state index in [0.717, 1.165) is 5.56 Å². The van der Waals surface area contributed by atoms with Gasteiger partial charge in [0.25, 0.3) is 0 Å². The maximum absolute atomic E-state index is 11.8. The molecule has 1 rings (SSSR count). The van der Waals surface area contributed by atoms with Crippen LogP contribution >= 0.6 is 0 Å². The first-order valence-corrected chi connectivity index (χ1v) is 7.38. The lowest BCUT2D eigenvalue weighted by Gasteiger charge is -2.21. The van der Waals surface area contributed by atoms with Gasteiger partial charge in [0, 0.05) is 6.42 Å². The highest BCUT2D eigenvalue weighted by Gasteiger charge is 2.33. The van der Waals surface area contributed by atoms with E-state index in [0.29, 0.717) is 32.5 Å². The number of carbonyl (C=O) groups is 1. The summed E-state index contributed by atoms with van der Waals surface area (Å²) in [4.78, 5) is 11.8. The van der Waals surface area contributed by atoms with Crippen LogP contribution < -0.4 is 0 Å². The molecule has 0 aliphatic rings. The Hall–Kier alpha value is -1.79. The van der Waals surface area contributed by atoms with E-state index >= 15 is 0 Å². The van der Waals surface area contributed by atoms with Crippen LogP contribution in [0.25, 0.3) is 0 Å². The molecule has 0 unspecified atom stereocenters. The van der Waals surface area contributed by atoms with Crippen LogP contribution in [0.4, 0.5) is 0 Å². The van der Waals surface area contributed by atoms with E-state index in [1.54, 1.807) is 0 Å². The van der Waals surface area contributed by atoms with Crippen molar-refractivity contribution in [3.05, 3.63) is 35.9 Å². The van der Waals surface area contributed by atoms with E-state index in [9.17, 15) is 4.79 Å². The van der Waals surface area contributed by atoms with E-state index in [-0.39, 0.29) is 5.97 Å². The number of esters is 1. The molecule has 114 valence electrons. The summed E-state index contributed by atoms with van der Waals surface area (Å²) in [7, 11) is 1.41. The fraction of sp³-hybridized carbons (Fsp3) is 0.500. The second-order valence-electron chi connectivity index (χ2n) is 4.87. The summed E-state index contributed by atoms with van der Waals surface area (Å²) < 4.78 is 10.4. The summed E-state index contributed by atoms with van der Waals surface area (Å²) in [5.74, 6) is 5.89. The molecule has 0 saturated heterocycles. The van der Waals surface area contributed by atoms with Crippen molar-refractivity contribution in [1.29, 1.82) is 0 Å².